The molecule has 2 N–H and O–H groups in total. The van der Waals surface area contributed by atoms with Gasteiger partial charge in [-0.3, -0.25) is 0 Å². The van der Waals surface area contributed by atoms with Crippen molar-refractivity contribution < 1.29 is 0 Å². The number of tetrazole rings is 1. The van der Waals surface area contributed by atoms with E-state index >= 15 is 0 Å². The first kappa shape index (κ1) is 4.62. The van der Waals surface area contributed by atoms with Gasteiger partial charge >= 0.3 is 0 Å². The van der Waals surface area contributed by atoms with Crippen molar-refractivity contribution in [1.29, 1.82) is 0 Å². The zero-order chi connectivity index (χ0) is 6.27. The fourth-order valence-corrected chi connectivity index (χ4v) is 0.733. The van der Waals surface area contributed by atoms with E-state index in [9.17, 15) is 0 Å². The Kier molecular flexibility index (Phi) is 0.707. The molecule has 0 fully saturated rings. The Morgan fingerprint density at radius 3 is 3.22 bits per heavy atom. The van der Waals surface area contributed by atoms with Crippen LogP contribution in [-0.2, 0) is 0 Å². The van der Waals surface area contributed by atoms with Gasteiger partial charge in [0.25, 0.3) is 5.78 Å². The zero-order valence-electron chi connectivity index (χ0n) is 4.20. The van der Waals surface area contributed by atoms with Crippen LogP contribution in [0.5, 0.6) is 0 Å². The minimum absolute atomic E-state index is 0.399. The summed E-state index contributed by atoms with van der Waals surface area (Å²) in [5, 5.41) is 12.2. The Morgan fingerprint density at radius 1 is 1.56 bits per heavy atom. The number of nitrogens with zero attached hydrogens (tertiary/aromatic N) is 4. The second-order valence-electron chi connectivity index (χ2n) is 1.46. The average Bonchev–Trinajstić information content (AvgIpc) is 2.22. The molecular weight excluding hydrogens is 140 g/mol. The van der Waals surface area contributed by atoms with Crippen molar-refractivity contribution >= 4 is 18.0 Å². The summed E-state index contributed by atoms with van der Waals surface area (Å²) in [4.78, 5) is 3.79. The molecule has 0 aliphatic rings. The van der Waals surface area contributed by atoms with Gasteiger partial charge in [-0.1, -0.05) is 5.10 Å². The monoisotopic (exact) mass is 142 g/mol. The fourth-order valence-electron chi connectivity index (χ4n) is 0.560. The molecule has 0 radical (unpaired) electrons. The van der Waals surface area contributed by atoms with Gasteiger partial charge in [0.15, 0.2) is 0 Å². The van der Waals surface area contributed by atoms with Crippen LogP contribution in [-0.4, -0.2) is 30.2 Å². The number of rotatable bonds is 0. The normalized spacial score (nSPS) is 10.7. The molecule has 2 rings (SSSR count). The van der Waals surface area contributed by atoms with Crippen molar-refractivity contribution in [1.82, 2.24) is 30.2 Å². The van der Waals surface area contributed by atoms with E-state index in [0.717, 1.165) is 0 Å². The van der Waals surface area contributed by atoms with Gasteiger partial charge in [0.2, 0.25) is 4.77 Å². The van der Waals surface area contributed by atoms with Gasteiger partial charge in [0.05, 0.1) is 0 Å². The Morgan fingerprint density at radius 2 is 2.44 bits per heavy atom. The number of fused-ring (bicyclic) bond motifs is 1. The van der Waals surface area contributed by atoms with Gasteiger partial charge in [-0.2, -0.15) is 10.2 Å². The van der Waals surface area contributed by atoms with Gasteiger partial charge < -0.3 is 0 Å². The molecule has 0 spiro atoms. The van der Waals surface area contributed by atoms with Crippen LogP contribution in [0.25, 0.3) is 5.78 Å². The highest BCUT2D eigenvalue weighted by Gasteiger charge is 1.94. The van der Waals surface area contributed by atoms with Crippen LogP contribution in [0.15, 0.2) is 0 Å². The van der Waals surface area contributed by atoms with E-state index < -0.39 is 0 Å². The van der Waals surface area contributed by atoms with Crippen LogP contribution in [0.2, 0.25) is 0 Å². The first-order valence-corrected chi connectivity index (χ1v) is 2.63. The predicted molar refractivity (Wildman–Crippen MR) is 30.3 cm³/mol. The SMILES string of the molecule is S=c1nc2nn[nH]n2[nH]1. The number of hydrogen-bond acceptors (Lipinski definition) is 4. The molecule has 0 saturated heterocycles. The second kappa shape index (κ2) is 1.38. The Hall–Kier alpha value is -1.24. The minimum Gasteiger partial charge on any atom is -0.249 e. The zero-order valence-corrected chi connectivity index (χ0v) is 5.01. The highest BCUT2D eigenvalue weighted by molar-refractivity contribution is 7.71. The number of nitrogens with one attached hydrogen (secondary N) is 2. The summed E-state index contributed by atoms with van der Waals surface area (Å²) in [5.41, 5.74) is 0. The van der Waals surface area contributed by atoms with Crippen LogP contribution in [0.4, 0.5) is 0 Å². The molecule has 7 heteroatoms. The summed E-state index contributed by atoms with van der Waals surface area (Å²) in [6, 6.07) is 0. The molecular formula is C2H2N6S. The number of aromatic amines is 2. The van der Waals surface area contributed by atoms with Gasteiger partial charge in [0, 0.05) is 0 Å². The van der Waals surface area contributed by atoms with E-state index in [0.29, 0.717) is 10.5 Å². The van der Waals surface area contributed by atoms with Crippen LogP contribution in [0, 0.1) is 4.77 Å². The molecule has 2 aromatic heterocycles. The van der Waals surface area contributed by atoms with E-state index in [1.807, 2.05) is 0 Å². The van der Waals surface area contributed by atoms with Crippen LogP contribution in [0.1, 0.15) is 0 Å². The van der Waals surface area contributed by atoms with Crippen LogP contribution < -0.4 is 0 Å². The van der Waals surface area contributed by atoms with Gasteiger partial charge in [-0.25, -0.2) is 5.10 Å². The quantitative estimate of drug-likeness (QED) is 0.487. The molecule has 46 valence electrons. The third-order valence-electron chi connectivity index (χ3n) is 0.893. The molecule has 2 aromatic rings. The largest absolute Gasteiger partial charge is 0.289 e. The Balaban J connectivity index is 3.08. The van der Waals surface area contributed by atoms with Gasteiger partial charge in [-0.15, -0.1) is 4.63 Å². The molecule has 2 heterocycles. The van der Waals surface area contributed by atoms with Crippen molar-refractivity contribution in [3.8, 4) is 0 Å². The molecule has 0 aliphatic heterocycles. The average molecular weight is 142 g/mol. The summed E-state index contributed by atoms with van der Waals surface area (Å²) >= 11 is 4.69. The molecule has 0 atom stereocenters. The maximum absolute atomic E-state index is 4.69. The fraction of sp³-hybridized carbons (Fsp3) is 0. The first-order chi connectivity index (χ1) is 4.36. The third kappa shape index (κ3) is 0.545. The lowest BCUT2D eigenvalue weighted by molar-refractivity contribution is 0.739. The minimum atomic E-state index is 0.399. The molecule has 0 unspecified atom stereocenters. The molecule has 0 aromatic carbocycles. The van der Waals surface area contributed by atoms with Crippen molar-refractivity contribution in [3.63, 3.8) is 0 Å². The van der Waals surface area contributed by atoms with Crippen LogP contribution >= 0.6 is 12.2 Å². The summed E-state index contributed by atoms with van der Waals surface area (Å²) in [5.74, 6) is 0.458. The maximum atomic E-state index is 4.69. The summed E-state index contributed by atoms with van der Waals surface area (Å²) < 4.78 is 1.83. The Labute approximate surface area is 53.9 Å². The molecule has 0 bridgehead atoms. The van der Waals surface area contributed by atoms with Crippen molar-refractivity contribution in [2.24, 2.45) is 0 Å². The van der Waals surface area contributed by atoms with E-state index in [-0.39, 0.29) is 0 Å². The number of aromatic nitrogens is 6. The van der Waals surface area contributed by atoms with Crippen molar-refractivity contribution in [2.75, 3.05) is 0 Å². The van der Waals surface area contributed by atoms with Gasteiger partial charge in [0.1, 0.15) is 0 Å². The Bertz CT molecular complexity index is 334. The lowest BCUT2D eigenvalue weighted by Gasteiger charge is -1.70. The molecule has 6 nitrogen and oxygen atoms in total. The summed E-state index contributed by atoms with van der Waals surface area (Å²) in [6.45, 7) is 0. The standard InChI is InChI=1S/C2H2N6S/c9-2-3-1-4-6-7-8(1)5-2/h(H2,3,4,5,7,9). The lowest BCUT2D eigenvalue weighted by atomic mass is 11.2. The van der Waals surface area contributed by atoms with Gasteiger partial charge in [-0.05, 0) is 17.4 Å². The van der Waals surface area contributed by atoms with Crippen molar-refractivity contribution in [3.05, 3.63) is 4.77 Å². The van der Waals surface area contributed by atoms with Crippen LogP contribution in [0.3, 0.4) is 0 Å². The second-order valence-corrected chi connectivity index (χ2v) is 1.85. The van der Waals surface area contributed by atoms with E-state index in [1.165, 1.54) is 4.63 Å². The predicted octanol–water partition coefficient (Wildman–Crippen LogP) is -0.490. The molecule has 0 amide bonds. The maximum Gasteiger partial charge on any atom is 0.289 e. The van der Waals surface area contributed by atoms with E-state index in [1.54, 1.807) is 0 Å². The first-order valence-electron chi connectivity index (χ1n) is 2.22. The third-order valence-corrected chi connectivity index (χ3v) is 1.08. The molecule has 0 saturated carbocycles. The van der Waals surface area contributed by atoms with E-state index in [2.05, 4.69) is 25.6 Å². The molecule has 9 heavy (non-hydrogen) atoms. The highest BCUT2D eigenvalue weighted by Crippen LogP contribution is 1.85. The summed E-state index contributed by atoms with van der Waals surface area (Å²) in [6.07, 6.45) is 0. The molecule has 0 aliphatic carbocycles. The number of H-pyrrole nitrogens is 2. The highest BCUT2D eigenvalue weighted by atomic mass is 32.1. The lowest BCUT2D eigenvalue weighted by Crippen LogP contribution is -1.84. The van der Waals surface area contributed by atoms with E-state index in [4.69, 9.17) is 12.2 Å². The smallest absolute Gasteiger partial charge is 0.249 e. The van der Waals surface area contributed by atoms with Crippen molar-refractivity contribution in [2.45, 2.75) is 0 Å². The number of hydrogen-bond donors (Lipinski definition) is 2. The summed E-state index contributed by atoms with van der Waals surface area (Å²) in [7, 11) is 0. The topological polar surface area (TPSA) is 74.7 Å².